The Morgan fingerprint density at radius 3 is 2.24 bits per heavy atom. The van der Waals surface area contributed by atoms with E-state index in [0.29, 0.717) is 12.1 Å². The third kappa shape index (κ3) is 6.63. The smallest absolute Gasteiger partial charge is 0.251 e. The van der Waals surface area contributed by atoms with Crippen molar-refractivity contribution in [3.8, 4) is 0 Å². The van der Waals surface area contributed by atoms with Gasteiger partial charge in [-0.1, -0.05) is 31.2 Å². The molecule has 10 heteroatoms. The van der Waals surface area contributed by atoms with Crippen LogP contribution >= 0.6 is 0 Å². The van der Waals surface area contributed by atoms with Gasteiger partial charge in [0.1, 0.15) is 0 Å². The van der Waals surface area contributed by atoms with Gasteiger partial charge in [0.15, 0.2) is 9.84 Å². The lowest BCUT2D eigenvalue weighted by molar-refractivity contribution is 0.0941. The summed E-state index contributed by atoms with van der Waals surface area (Å²) in [6.07, 6.45) is 1.22. The van der Waals surface area contributed by atoms with E-state index in [1.807, 2.05) is 19.0 Å². The van der Waals surface area contributed by atoms with Crippen molar-refractivity contribution in [1.82, 2.24) is 14.9 Å². The first-order valence-corrected chi connectivity index (χ1v) is 14.2. The van der Waals surface area contributed by atoms with Crippen LogP contribution < -0.4 is 10.0 Å². The zero-order valence-electron chi connectivity index (χ0n) is 19.1. The number of hydrogen-bond acceptors (Lipinski definition) is 6. The van der Waals surface area contributed by atoms with Gasteiger partial charge in [-0.05, 0) is 62.3 Å². The number of sulfone groups is 1. The number of benzene rings is 2. The van der Waals surface area contributed by atoms with Crippen LogP contribution in [-0.4, -0.2) is 65.8 Å². The number of carbonyl (C=O) groups excluding carboxylic acids is 1. The predicted molar refractivity (Wildman–Crippen MR) is 128 cm³/mol. The van der Waals surface area contributed by atoms with Gasteiger partial charge in [-0.2, -0.15) is 0 Å². The number of likely N-dealkylation sites (N-methyl/N-ethyl adjacent to an activating group) is 1. The standard InChI is InChI=1S/C23H31N3O5S2/c1-4-17-5-7-18(8-6-17)22(26(2)3)15-24-23(27)19-9-11-21(12-10-19)33(30,31)25-20-13-14-32(28,29)16-20/h5-12,20,22,25H,4,13-16H2,1-3H3,(H,24,27). The Bertz CT molecular complexity index is 1180. The number of carbonyl (C=O) groups is 1. The Morgan fingerprint density at radius 2 is 1.73 bits per heavy atom. The summed E-state index contributed by atoms with van der Waals surface area (Å²) in [6.45, 7) is 2.50. The fourth-order valence-corrected chi connectivity index (χ4v) is 6.88. The van der Waals surface area contributed by atoms with Crippen molar-refractivity contribution in [2.24, 2.45) is 0 Å². The molecular weight excluding hydrogens is 462 g/mol. The molecule has 33 heavy (non-hydrogen) atoms. The van der Waals surface area contributed by atoms with Crippen molar-refractivity contribution in [2.75, 3.05) is 32.1 Å². The zero-order valence-corrected chi connectivity index (χ0v) is 20.7. The molecule has 0 aromatic heterocycles. The van der Waals surface area contributed by atoms with Gasteiger partial charge in [0.25, 0.3) is 5.91 Å². The van der Waals surface area contributed by atoms with Gasteiger partial charge in [0.2, 0.25) is 10.0 Å². The van der Waals surface area contributed by atoms with Gasteiger partial charge in [-0.15, -0.1) is 0 Å². The molecule has 0 radical (unpaired) electrons. The van der Waals surface area contributed by atoms with Crippen LogP contribution in [0.5, 0.6) is 0 Å². The molecule has 0 saturated carbocycles. The SMILES string of the molecule is CCc1ccc(C(CNC(=O)c2ccc(S(=O)(=O)NC3CCS(=O)(=O)C3)cc2)N(C)C)cc1. The van der Waals surface area contributed by atoms with Crippen LogP contribution in [0.2, 0.25) is 0 Å². The molecule has 0 bridgehead atoms. The molecule has 180 valence electrons. The van der Waals surface area contributed by atoms with Gasteiger partial charge < -0.3 is 10.2 Å². The van der Waals surface area contributed by atoms with Crippen LogP contribution in [0, 0.1) is 0 Å². The molecule has 2 unspecified atom stereocenters. The predicted octanol–water partition coefficient (Wildman–Crippen LogP) is 1.75. The molecule has 1 heterocycles. The Morgan fingerprint density at radius 1 is 1.09 bits per heavy atom. The number of nitrogens with one attached hydrogen (secondary N) is 2. The Kier molecular flexibility index (Phi) is 7.94. The average molecular weight is 494 g/mol. The van der Waals surface area contributed by atoms with Gasteiger partial charge in [0, 0.05) is 18.2 Å². The third-order valence-corrected chi connectivity index (χ3v) is 9.14. The van der Waals surface area contributed by atoms with Crippen LogP contribution in [0.15, 0.2) is 53.4 Å². The molecule has 2 aromatic rings. The van der Waals surface area contributed by atoms with Crippen molar-refractivity contribution in [2.45, 2.75) is 36.7 Å². The minimum absolute atomic E-state index is 0.00797. The lowest BCUT2D eigenvalue weighted by Crippen LogP contribution is -2.36. The number of hydrogen-bond donors (Lipinski definition) is 2. The fraction of sp³-hybridized carbons (Fsp3) is 0.435. The Balaban J connectivity index is 1.63. The maximum Gasteiger partial charge on any atom is 0.251 e. The summed E-state index contributed by atoms with van der Waals surface area (Å²) >= 11 is 0. The highest BCUT2D eigenvalue weighted by atomic mass is 32.2. The minimum Gasteiger partial charge on any atom is -0.350 e. The molecule has 8 nitrogen and oxygen atoms in total. The summed E-state index contributed by atoms with van der Waals surface area (Å²) in [5.41, 5.74) is 2.69. The molecule has 1 fully saturated rings. The van der Waals surface area contributed by atoms with E-state index >= 15 is 0 Å². The fourth-order valence-electron chi connectivity index (χ4n) is 3.83. The van der Waals surface area contributed by atoms with Gasteiger partial charge >= 0.3 is 0 Å². The van der Waals surface area contributed by atoms with Crippen molar-refractivity contribution < 1.29 is 21.6 Å². The monoisotopic (exact) mass is 493 g/mol. The molecule has 1 aliphatic heterocycles. The first-order chi connectivity index (χ1) is 15.5. The molecule has 1 amide bonds. The Labute approximate surface area is 196 Å². The highest BCUT2D eigenvalue weighted by molar-refractivity contribution is 7.92. The van der Waals surface area contributed by atoms with E-state index in [9.17, 15) is 21.6 Å². The first kappa shape index (κ1) is 25.4. The molecule has 0 spiro atoms. The zero-order chi connectivity index (χ0) is 24.2. The largest absolute Gasteiger partial charge is 0.350 e. The summed E-state index contributed by atoms with van der Waals surface area (Å²) in [4.78, 5) is 14.7. The van der Waals surface area contributed by atoms with Gasteiger partial charge in [-0.25, -0.2) is 21.6 Å². The summed E-state index contributed by atoms with van der Waals surface area (Å²) in [5.74, 6) is -0.512. The maximum absolute atomic E-state index is 12.7. The van der Waals surface area contributed by atoms with Crippen LogP contribution in [0.3, 0.4) is 0 Å². The molecule has 1 saturated heterocycles. The average Bonchev–Trinajstić information content (AvgIpc) is 3.11. The Hall–Kier alpha value is -2.27. The van der Waals surface area contributed by atoms with Crippen LogP contribution in [0.1, 0.15) is 40.9 Å². The summed E-state index contributed by atoms with van der Waals surface area (Å²) in [7, 11) is -3.16. The van der Waals surface area contributed by atoms with Crippen molar-refractivity contribution in [3.05, 3.63) is 65.2 Å². The van der Waals surface area contributed by atoms with Crippen molar-refractivity contribution in [3.63, 3.8) is 0 Å². The first-order valence-electron chi connectivity index (χ1n) is 10.9. The van der Waals surface area contributed by atoms with E-state index in [-0.39, 0.29) is 34.8 Å². The maximum atomic E-state index is 12.7. The van der Waals surface area contributed by atoms with E-state index in [1.54, 1.807) is 0 Å². The number of sulfonamides is 1. The second-order valence-electron chi connectivity index (χ2n) is 8.53. The molecule has 0 aliphatic carbocycles. The second kappa shape index (κ2) is 10.3. The third-order valence-electron chi connectivity index (χ3n) is 5.83. The lowest BCUT2D eigenvalue weighted by atomic mass is 10.0. The van der Waals surface area contributed by atoms with Crippen LogP contribution in [0.4, 0.5) is 0 Å². The minimum atomic E-state index is -3.87. The second-order valence-corrected chi connectivity index (χ2v) is 12.5. The molecular formula is C23H31N3O5S2. The number of rotatable bonds is 9. The summed E-state index contributed by atoms with van der Waals surface area (Å²) in [5, 5.41) is 2.92. The molecule has 3 rings (SSSR count). The highest BCUT2D eigenvalue weighted by Crippen LogP contribution is 2.19. The number of aryl methyl sites for hydroxylation is 1. The number of amides is 1. The van der Waals surface area contributed by atoms with Gasteiger partial charge in [0.05, 0.1) is 22.4 Å². The van der Waals surface area contributed by atoms with Crippen LogP contribution in [0.25, 0.3) is 0 Å². The van der Waals surface area contributed by atoms with E-state index in [2.05, 4.69) is 41.2 Å². The summed E-state index contributed by atoms with van der Waals surface area (Å²) in [6, 6.07) is 13.3. The van der Waals surface area contributed by atoms with Crippen molar-refractivity contribution in [1.29, 1.82) is 0 Å². The van der Waals surface area contributed by atoms with E-state index < -0.39 is 25.9 Å². The van der Waals surface area contributed by atoms with E-state index in [1.165, 1.54) is 29.8 Å². The van der Waals surface area contributed by atoms with Crippen molar-refractivity contribution >= 4 is 25.8 Å². The van der Waals surface area contributed by atoms with Crippen LogP contribution in [-0.2, 0) is 26.3 Å². The molecule has 2 N–H and O–H groups in total. The summed E-state index contributed by atoms with van der Waals surface area (Å²) < 4.78 is 50.7. The quantitative estimate of drug-likeness (QED) is 0.550. The lowest BCUT2D eigenvalue weighted by Gasteiger charge is -2.25. The topological polar surface area (TPSA) is 113 Å². The highest BCUT2D eigenvalue weighted by Gasteiger charge is 2.31. The van der Waals surface area contributed by atoms with E-state index in [4.69, 9.17) is 0 Å². The van der Waals surface area contributed by atoms with E-state index in [0.717, 1.165) is 12.0 Å². The normalized spacial score (nSPS) is 18.8. The molecule has 2 atom stereocenters. The van der Waals surface area contributed by atoms with Gasteiger partial charge in [-0.3, -0.25) is 4.79 Å². The molecule has 1 aliphatic rings. The molecule has 2 aromatic carbocycles. The number of nitrogens with zero attached hydrogens (tertiary/aromatic N) is 1.